The minimum atomic E-state index is -0.897. The van der Waals surface area contributed by atoms with Crippen molar-refractivity contribution in [1.82, 2.24) is 10.1 Å². The molecule has 3 fully saturated rings. The second kappa shape index (κ2) is 9.20. The van der Waals surface area contributed by atoms with Crippen molar-refractivity contribution in [3.8, 4) is 11.3 Å². The van der Waals surface area contributed by atoms with Crippen LogP contribution in [0.4, 0.5) is 5.13 Å². The highest BCUT2D eigenvalue weighted by Gasteiger charge is 2.43. The quantitative estimate of drug-likeness (QED) is 0.280. The maximum absolute atomic E-state index is 11.5. The van der Waals surface area contributed by atoms with Crippen LogP contribution in [0.25, 0.3) is 21.5 Å². The third kappa shape index (κ3) is 4.10. The number of thiazole rings is 1. The van der Waals surface area contributed by atoms with E-state index in [4.69, 9.17) is 14.2 Å². The van der Waals surface area contributed by atoms with Crippen LogP contribution in [0.15, 0.2) is 40.9 Å². The summed E-state index contributed by atoms with van der Waals surface area (Å²) >= 11 is 1.61. The molecule has 1 saturated carbocycles. The molecule has 2 aromatic heterocycles. The van der Waals surface area contributed by atoms with Crippen LogP contribution in [0.1, 0.15) is 77.3 Å². The second-order valence-electron chi connectivity index (χ2n) is 11.1. The van der Waals surface area contributed by atoms with Crippen LogP contribution in [0.3, 0.4) is 0 Å². The Kier molecular flexibility index (Phi) is 5.78. The number of aryl methyl sites for hydroxylation is 2. The maximum Gasteiger partial charge on any atom is 0.335 e. The summed E-state index contributed by atoms with van der Waals surface area (Å²) in [4.78, 5) is 19.0. The lowest BCUT2D eigenvalue weighted by Crippen LogP contribution is -2.45. The Morgan fingerprint density at radius 1 is 1.11 bits per heavy atom. The lowest BCUT2D eigenvalue weighted by molar-refractivity contribution is 0.0147. The molecule has 196 valence electrons. The molecule has 0 amide bonds. The summed E-state index contributed by atoms with van der Waals surface area (Å²) in [5.41, 5.74) is 6.51. The molecular weight excluding hydrogens is 498 g/mol. The Bertz CT molecular complexity index is 1520. The number of benzene rings is 2. The highest BCUT2D eigenvalue weighted by atomic mass is 32.1. The number of hydrogen-bond acceptors (Lipinski definition) is 7. The Hall–Kier alpha value is -3.23. The Morgan fingerprint density at radius 2 is 1.87 bits per heavy atom. The molecule has 4 heterocycles. The fraction of sp³-hybridized carbons (Fsp3) is 0.433. The van der Waals surface area contributed by atoms with E-state index < -0.39 is 5.97 Å². The molecule has 0 spiro atoms. The normalized spacial score (nSPS) is 22.9. The zero-order valence-corrected chi connectivity index (χ0v) is 22.5. The van der Waals surface area contributed by atoms with Crippen molar-refractivity contribution in [2.75, 3.05) is 4.90 Å². The fourth-order valence-corrected chi connectivity index (χ4v) is 7.60. The van der Waals surface area contributed by atoms with Crippen molar-refractivity contribution in [1.29, 1.82) is 0 Å². The van der Waals surface area contributed by atoms with E-state index in [-0.39, 0.29) is 6.10 Å². The van der Waals surface area contributed by atoms with Gasteiger partial charge in [-0.15, -0.1) is 0 Å². The maximum atomic E-state index is 11.5. The predicted molar refractivity (Wildman–Crippen MR) is 147 cm³/mol. The molecule has 0 radical (unpaired) electrons. The second-order valence-corrected chi connectivity index (χ2v) is 12.1. The van der Waals surface area contributed by atoms with Gasteiger partial charge in [-0.2, -0.15) is 0 Å². The minimum Gasteiger partial charge on any atom is -0.478 e. The fourth-order valence-electron chi connectivity index (χ4n) is 6.37. The monoisotopic (exact) mass is 529 g/mol. The molecular formula is C30H31N3O4S. The zero-order valence-electron chi connectivity index (χ0n) is 21.6. The topological polar surface area (TPSA) is 88.7 Å². The van der Waals surface area contributed by atoms with Crippen LogP contribution in [0.2, 0.25) is 0 Å². The molecule has 2 aromatic carbocycles. The van der Waals surface area contributed by atoms with Crippen molar-refractivity contribution in [3.05, 3.63) is 64.4 Å². The van der Waals surface area contributed by atoms with Gasteiger partial charge in [-0.3, -0.25) is 0 Å². The van der Waals surface area contributed by atoms with Crippen LogP contribution >= 0.6 is 11.3 Å². The summed E-state index contributed by atoms with van der Waals surface area (Å²) in [7, 11) is 0. The van der Waals surface area contributed by atoms with Gasteiger partial charge in [-0.25, -0.2) is 9.78 Å². The van der Waals surface area contributed by atoms with Gasteiger partial charge in [-0.05, 0) is 75.6 Å². The molecule has 3 aliphatic rings. The molecule has 8 heteroatoms. The Balaban J connectivity index is 1.10. The number of carboxylic acid groups (broad SMARTS) is 1. The number of carboxylic acids is 1. The van der Waals surface area contributed by atoms with E-state index in [2.05, 4.69) is 41.2 Å². The van der Waals surface area contributed by atoms with E-state index >= 15 is 0 Å². The highest BCUT2D eigenvalue weighted by Crippen LogP contribution is 2.46. The first-order valence-electron chi connectivity index (χ1n) is 13.5. The number of piperidine rings is 1. The molecule has 4 aromatic rings. The van der Waals surface area contributed by atoms with Gasteiger partial charge in [0, 0.05) is 29.1 Å². The van der Waals surface area contributed by atoms with Gasteiger partial charge in [0.1, 0.15) is 11.5 Å². The van der Waals surface area contributed by atoms with E-state index in [1.165, 1.54) is 5.56 Å². The van der Waals surface area contributed by atoms with Crippen molar-refractivity contribution < 1.29 is 19.2 Å². The van der Waals surface area contributed by atoms with Gasteiger partial charge in [0.2, 0.25) is 0 Å². The highest BCUT2D eigenvalue weighted by molar-refractivity contribution is 7.22. The molecule has 38 heavy (non-hydrogen) atoms. The van der Waals surface area contributed by atoms with Gasteiger partial charge in [0.25, 0.3) is 0 Å². The van der Waals surface area contributed by atoms with Crippen molar-refractivity contribution in [2.45, 2.75) is 83.1 Å². The van der Waals surface area contributed by atoms with Crippen LogP contribution in [-0.4, -0.2) is 39.4 Å². The molecule has 1 aliphatic carbocycles. The first-order chi connectivity index (χ1) is 18.5. The number of hydrogen-bond donors (Lipinski definition) is 1. The number of aromatic carboxylic acids is 1. The minimum absolute atomic E-state index is 0.185. The summed E-state index contributed by atoms with van der Waals surface area (Å²) in [6, 6.07) is 12.6. The first kappa shape index (κ1) is 23.9. The van der Waals surface area contributed by atoms with E-state index in [9.17, 15) is 9.90 Å². The smallest absolute Gasteiger partial charge is 0.335 e. The summed E-state index contributed by atoms with van der Waals surface area (Å²) in [6.07, 6.45) is 6.71. The lowest BCUT2D eigenvalue weighted by atomic mass is 9.99. The third-order valence-corrected chi connectivity index (χ3v) is 9.48. The molecule has 1 N–H and O–H groups in total. The molecule has 2 unspecified atom stereocenters. The number of ether oxygens (including phenoxy) is 1. The number of nitrogens with zero attached hydrogens (tertiary/aromatic N) is 3. The number of anilines is 1. The summed E-state index contributed by atoms with van der Waals surface area (Å²) < 4.78 is 13.4. The lowest BCUT2D eigenvalue weighted by Gasteiger charge is -2.38. The van der Waals surface area contributed by atoms with Crippen molar-refractivity contribution in [3.63, 3.8) is 0 Å². The zero-order chi connectivity index (χ0) is 26.0. The average molecular weight is 530 g/mol. The van der Waals surface area contributed by atoms with Crippen LogP contribution < -0.4 is 4.90 Å². The third-order valence-electron chi connectivity index (χ3n) is 8.46. The van der Waals surface area contributed by atoms with Crippen LogP contribution in [-0.2, 0) is 11.3 Å². The van der Waals surface area contributed by atoms with Gasteiger partial charge < -0.3 is 19.3 Å². The molecule has 2 aliphatic heterocycles. The summed E-state index contributed by atoms with van der Waals surface area (Å²) in [5, 5.41) is 15.0. The Labute approximate surface area is 225 Å². The molecule has 3 atom stereocenters. The SMILES string of the molecule is Cc1ccccc1-c1noc(C2CC2)c1COC1CC2CC[C@@H](C1)N2c1nc2c(C)cc(C(=O)O)cc2s1. The van der Waals surface area contributed by atoms with Crippen molar-refractivity contribution in [2.24, 2.45) is 0 Å². The number of aromatic nitrogens is 2. The standard InChI is InChI=1S/C30H31N3O4S/c1-16-5-3-4-6-23(16)27-24(28(37-32-27)18-7-8-18)15-36-22-13-20-9-10-21(14-22)33(20)30-31-26-17(2)11-19(29(34)35)12-25(26)38-30/h3-6,11-12,18,20-22H,7-10,13-15H2,1-2H3,(H,34,35)/t20-,21?,22?/m0/s1. The van der Waals surface area contributed by atoms with Gasteiger partial charge in [-0.1, -0.05) is 40.8 Å². The molecule has 2 bridgehead atoms. The average Bonchev–Trinajstić information content (AvgIpc) is 3.41. The van der Waals surface area contributed by atoms with Crippen LogP contribution in [0.5, 0.6) is 0 Å². The predicted octanol–water partition coefficient (Wildman–Crippen LogP) is 6.86. The van der Waals surface area contributed by atoms with Gasteiger partial charge in [0.05, 0.1) is 28.5 Å². The van der Waals surface area contributed by atoms with E-state index in [1.54, 1.807) is 23.5 Å². The first-order valence-corrected chi connectivity index (χ1v) is 14.4. The number of carbonyl (C=O) groups is 1. The summed E-state index contributed by atoms with van der Waals surface area (Å²) in [5.74, 6) is 0.585. The van der Waals surface area contributed by atoms with Crippen LogP contribution in [0, 0.1) is 13.8 Å². The van der Waals surface area contributed by atoms with E-state index in [0.29, 0.717) is 30.2 Å². The molecule has 2 saturated heterocycles. The molecule has 7 rings (SSSR count). The van der Waals surface area contributed by atoms with Crippen molar-refractivity contribution >= 4 is 32.7 Å². The number of rotatable bonds is 7. The van der Waals surface area contributed by atoms with E-state index in [0.717, 1.165) is 82.0 Å². The number of fused-ring (bicyclic) bond motifs is 3. The Morgan fingerprint density at radius 3 is 2.58 bits per heavy atom. The van der Waals surface area contributed by atoms with E-state index in [1.807, 2.05) is 6.92 Å². The van der Waals surface area contributed by atoms with Gasteiger partial charge in [0.15, 0.2) is 5.13 Å². The van der Waals surface area contributed by atoms with Gasteiger partial charge >= 0.3 is 5.97 Å². The summed E-state index contributed by atoms with van der Waals surface area (Å²) in [6.45, 7) is 4.59. The largest absolute Gasteiger partial charge is 0.478 e. The molecule has 7 nitrogen and oxygen atoms in total.